The Morgan fingerprint density at radius 2 is 2.22 bits per heavy atom. The van der Waals surface area contributed by atoms with Crippen LogP contribution in [-0.4, -0.2) is 35.9 Å². The molecule has 1 aromatic heterocycles. The van der Waals surface area contributed by atoms with E-state index >= 15 is 0 Å². The van der Waals surface area contributed by atoms with Crippen LogP contribution in [0.3, 0.4) is 0 Å². The fraction of sp³-hybridized carbons (Fsp3) is 0.538. The lowest BCUT2D eigenvalue weighted by atomic mass is 10.2. The first kappa shape index (κ1) is 14.4. The largest absolute Gasteiger partial charge is 0.384 e. The molecular weight excluding hydrogens is 228 g/mol. The molecule has 0 saturated carbocycles. The van der Waals surface area contributed by atoms with Gasteiger partial charge in [0.1, 0.15) is 5.82 Å². The minimum Gasteiger partial charge on any atom is -0.384 e. The number of nitrogens with zero attached hydrogens (tertiary/aromatic N) is 2. The maximum Gasteiger partial charge on any atom is 0.234 e. The molecular formula is C13H22N4O. The van der Waals surface area contributed by atoms with E-state index in [0.29, 0.717) is 31.4 Å². The molecule has 0 aliphatic heterocycles. The quantitative estimate of drug-likeness (QED) is 0.786. The van der Waals surface area contributed by atoms with Gasteiger partial charge in [0.15, 0.2) is 0 Å². The molecule has 5 heteroatoms. The van der Waals surface area contributed by atoms with Crippen LogP contribution in [0.2, 0.25) is 0 Å². The molecule has 100 valence electrons. The molecule has 0 aromatic carbocycles. The van der Waals surface area contributed by atoms with Crippen molar-refractivity contribution in [2.24, 2.45) is 5.92 Å². The highest BCUT2D eigenvalue weighted by Gasteiger charge is 2.08. The standard InChI is InChI=1S/C13H22N4O/c1-10(2)7-15-13(18)9-17(3)8-11-5-4-6-12(14)16-11/h4-6,10H,7-9H2,1-3H3,(H2,14,16)(H,15,18). The molecule has 0 fully saturated rings. The van der Waals surface area contributed by atoms with E-state index in [1.165, 1.54) is 0 Å². The minimum absolute atomic E-state index is 0.0371. The highest BCUT2D eigenvalue weighted by atomic mass is 16.2. The molecule has 0 radical (unpaired) electrons. The van der Waals surface area contributed by atoms with Crippen LogP contribution in [0.5, 0.6) is 0 Å². The molecule has 1 heterocycles. The van der Waals surface area contributed by atoms with E-state index in [-0.39, 0.29) is 5.91 Å². The van der Waals surface area contributed by atoms with Crippen molar-refractivity contribution >= 4 is 11.7 Å². The van der Waals surface area contributed by atoms with Crippen LogP contribution in [0.25, 0.3) is 0 Å². The molecule has 0 bridgehead atoms. The zero-order valence-electron chi connectivity index (χ0n) is 11.3. The second-order valence-corrected chi connectivity index (χ2v) is 4.92. The first-order valence-electron chi connectivity index (χ1n) is 6.14. The number of likely N-dealkylation sites (N-methyl/N-ethyl adjacent to an activating group) is 1. The Kier molecular flexibility index (Phi) is 5.58. The van der Waals surface area contributed by atoms with Crippen molar-refractivity contribution in [3.63, 3.8) is 0 Å². The number of amides is 1. The molecule has 0 spiro atoms. The summed E-state index contributed by atoms with van der Waals surface area (Å²) >= 11 is 0. The van der Waals surface area contributed by atoms with Gasteiger partial charge < -0.3 is 11.1 Å². The van der Waals surface area contributed by atoms with Gasteiger partial charge in [-0.2, -0.15) is 0 Å². The molecule has 1 rings (SSSR count). The third-order valence-corrected chi connectivity index (χ3v) is 2.38. The summed E-state index contributed by atoms with van der Waals surface area (Å²) in [6.45, 7) is 5.83. The Hall–Kier alpha value is -1.62. The zero-order chi connectivity index (χ0) is 13.5. The number of carbonyl (C=O) groups excluding carboxylic acids is 1. The van der Waals surface area contributed by atoms with Gasteiger partial charge in [-0.3, -0.25) is 9.69 Å². The third kappa shape index (κ3) is 5.63. The first-order chi connectivity index (χ1) is 8.47. The Morgan fingerprint density at radius 1 is 1.50 bits per heavy atom. The van der Waals surface area contributed by atoms with E-state index in [4.69, 9.17) is 5.73 Å². The van der Waals surface area contributed by atoms with Crippen LogP contribution in [0, 0.1) is 5.92 Å². The van der Waals surface area contributed by atoms with Crippen molar-refractivity contribution in [2.75, 3.05) is 25.9 Å². The SMILES string of the molecule is CC(C)CNC(=O)CN(C)Cc1cccc(N)n1. The summed E-state index contributed by atoms with van der Waals surface area (Å²) in [4.78, 5) is 17.7. The summed E-state index contributed by atoms with van der Waals surface area (Å²) in [6.07, 6.45) is 0. The van der Waals surface area contributed by atoms with E-state index in [1.807, 2.05) is 24.1 Å². The number of nitrogens with one attached hydrogen (secondary N) is 1. The molecule has 0 saturated heterocycles. The van der Waals surface area contributed by atoms with Crippen molar-refractivity contribution in [3.8, 4) is 0 Å². The Labute approximate surface area is 108 Å². The number of pyridine rings is 1. The number of rotatable bonds is 6. The molecule has 0 unspecified atom stereocenters. The highest BCUT2D eigenvalue weighted by molar-refractivity contribution is 5.77. The summed E-state index contributed by atoms with van der Waals surface area (Å²) in [7, 11) is 1.89. The van der Waals surface area contributed by atoms with Gasteiger partial charge >= 0.3 is 0 Å². The van der Waals surface area contributed by atoms with Crippen LogP contribution in [0.15, 0.2) is 18.2 Å². The van der Waals surface area contributed by atoms with Gasteiger partial charge in [0.2, 0.25) is 5.91 Å². The third-order valence-electron chi connectivity index (χ3n) is 2.38. The maximum atomic E-state index is 11.6. The molecule has 5 nitrogen and oxygen atoms in total. The lowest BCUT2D eigenvalue weighted by Crippen LogP contribution is -2.36. The minimum atomic E-state index is 0.0371. The Bertz CT molecular complexity index is 392. The maximum absolute atomic E-state index is 11.6. The fourth-order valence-electron chi connectivity index (χ4n) is 1.54. The van der Waals surface area contributed by atoms with Gasteiger partial charge in [0.25, 0.3) is 0 Å². The first-order valence-corrected chi connectivity index (χ1v) is 6.14. The summed E-state index contributed by atoms with van der Waals surface area (Å²) in [5.41, 5.74) is 6.48. The van der Waals surface area contributed by atoms with E-state index < -0.39 is 0 Å². The highest BCUT2D eigenvalue weighted by Crippen LogP contribution is 2.03. The van der Waals surface area contributed by atoms with E-state index in [2.05, 4.69) is 24.1 Å². The molecule has 1 aromatic rings. The average molecular weight is 250 g/mol. The number of aromatic nitrogens is 1. The second-order valence-electron chi connectivity index (χ2n) is 4.92. The van der Waals surface area contributed by atoms with Gasteiger partial charge in [0.05, 0.1) is 12.2 Å². The smallest absolute Gasteiger partial charge is 0.234 e. The van der Waals surface area contributed by atoms with Gasteiger partial charge in [0, 0.05) is 13.1 Å². The van der Waals surface area contributed by atoms with Crippen molar-refractivity contribution in [2.45, 2.75) is 20.4 Å². The summed E-state index contributed by atoms with van der Waals surface area (Å²) in [5.74, 6) is 1.01. The van der Waals surface area contributed by atoms with Crippen molar-refractivity contribution in [3.05, 3.63) is 23.9 Å². The van der Waals surface area contributed by atoms with Crippen LogP contribution < -0.4 is 11.1 Å². The van der Waals surface area contributed by atoms with Crippen molar-refractivity contribution < 1.29 is 4.79 Å². The lowest BCUT2D eigenvalue weighted by molar-refractivity contribution is -0.122. The zero-order valence-corrected chi connectivity index (χ0v) is 11.3. The Balaban J connectivity index is 2.37. The average Bonchev–Trinajstić information content (AvgIpc) is 2.26. The molecule has 0 aliphatic carbocycles. The van der Waals surface area contributed by atoms with Crippen molar-refractivity contribution in [1.29, 1.82) is 0 Å². The van der Waals surface area contributed by atoms with Crippen molar-refractivity contribution in [1.82, 2.24) is 15.2 Å². The summed E-state index contributed by atoms with van der Waals surface area (Å²) < 4.78 is 0. The molecule has 0 aliphatic rings. The second kappa shape index (κ2) is 6.96. The summed E-state index contributed by atoms with van der Waals surface area (Å²) in [5, 5.41) is 2.88. The monoisotopic (exact) mass is 250 g/mol. The predicted octanol–water partition coefficient (Wildman–Crippen LogP) is 0.868. The van der Waals surface area contributed by atoms with Gasteiger partial charge in [-0.15, -0.1) is 0 Å². The number of anilines is 1. The normalized spacial score (nSPS) is 10.9. The van der Waals surface area contributed by atoms with E-state index in [1.54, 1.807) is 6.07 Å². The van der Waals surface area contributed by atoms with Gasteiger partial charge in [-0.1, -0.05) is 19.9 Å². The lowest BCUT2D eigenvalue weighted by Gasteiger charge is -2.16. The number of carbonyl (C=O) groups is 1. The summed E-state index contributed by atoms with van der Waals surface area (Å²) in [6, 6.07) is 5.52. The van der Waals surface area contributed by atoms with Crippen LogP contribution >= 0.6 is 0 Å². The van der Waals surface area contributed by atoms with E-state index in [9.17, 15) is 4.79 Å². The number of nitrogens with two attached hydrogens (primary N) is 1. The number of hydrogen-bond donors (Lipinski definition) is 2. The van der Waals surface area contributed by atoms with Gasteiger partial charge in [-0.05, 0) is 25.1 Å². The van der Waals surface area contributed by atoms with Gasteiger partial charge in [-0.25, -0.2) is 4.98 Å². The molecule has 3 N–H and O–H groups in total. The number of nitrogen functional groups attached to an aromatic ring is 1. The predicted molar refractivity (Wildman–Crippen MR) is 72.8 cm³/mol. The Morgan fingerprint density at radius 3 is 2.83 bits per heavy atom. The molecule has 18 heavy (non-hydrogen) atoms. The van der Waals surface area contributed by atoms with Crippen LogP contribution in [0.4, 0.5) is 5.82 Å². The molecule has 0 atom stereocenters. The van der Waals surface area contributed by atoms with E-state index in [0.717, 1.165) is 5.69 Å². The fourth-order valence-corrected chi connectivity index (χ4v) is 1.54. The van der Waals surface area contributed by atoms with Crippen LogP contribution in [0.1, 0.15) is 19.5 Å². The van der Waals surface area contributed by atoms with Crippen LogP contribution in [-0.2, 0) is 11.3 Å². The topological polar surface area (TPSA) is 71.2 Å². The molecule has 1 amide bonds. The number of hydrogen-bond acceptors (Lipinski definition) is 4.